The molecule has 0 unspecified atom stereocenters. The highest BCUT2D eigenvalue weighted by atomic mass is 35.5. The average molecular weight is 220 g/mol. The first kappa shape index (κ1) is 9.99. The van der Waals surface area contributed by atoms with Crippen LogP contribution >= 0.6 is 11.6 Å². The molecule has 0 saturated carbocycles. The highest BCUT2D eigenvalue weighted by Crippen LogP contribution is 2.24. The van der Waals surface area contributed by atoms with Crippen LogP contribution in [0.2, 0.25) is 5.15 Å². The number of nitrogens with zero attached hydrogens (tertiary/aromatic N) is 1. The maximum atomic E-state index is 6.00. The van der Waals surface area contributed by atoms with E-state index in [-0.39, 0.29) is 0 Å². The molecule has 0 N–H and O–H groups in total. The van der Waals surface area contributed by atoms with Crippen molar-refractivity contribution in [3.8, 4) is 0 Å². The highest BCUT2D eigenvalue weighted by Gasteiger charge is 2.02. The van der Waals surface area contributed by atoms with Crippen LogP contribution in [-0.2, 0) is 4.74 Å². The summed E-state index contributed by atoms with van der Waals surface area (Å²) in [6, 6.07) is 7.88. The zero-order valence-corrected chi connectivity index (χ0v) is 9.03. The third-order valence-electron chi connectivity index (χ3n) is 2.16. The lowest BCUT2D eigenvalue weighted by atomic mass is 10.1. The first-order valence-corrected chi connectivity index (χ1v) is 4.93. The van der Waals surface area contributed by atoms with E-state index < -0.39 is 0 Å². The summed E-state index contributed by atoms with van der Waals surface area (Å²) in [5.74, 6) is 0. The summed E-state index contributed by atoms with van der Waals surface area (Å²) in [6.45, 7) is 0. The van der Waals surface area contributed by atoms with Gasteiger partial charge in [-0.1, -0.05) is 35.9 Å². The molecule has 0 radical (unpaired) electrons. The maximum Gasteiger partial charge on any atom is 0.136 e. The second-order valence-corrected chi connectivity index (χ2v) is 3.45. The Bertz CT molecular complexity index is 508. The van der Waals surface area contributed by atoms with Gasteiger partial charge >= 0.3 is 0 Å². The number of halogens is 1. The zero-order valence-electron chi connectivity index (χ0n) is 8.27. The van der Waals surface area contributed by atoms with Gasteiger partial charge in [-0.05, 0) is 11.5 Å². The lowest BCUT2D eigenvalue weighted by Crippen LogP contribution is -1.83. The summed E-state index contributed by atoms with van der Waals surface area (Å²) in [6.07, 6.45) is 5.23. The second kappa shape index (κ2) is 4.32. The Morgan fingerprint density at radius 3 is 2.73 bits per heavy atom. The van der Waals surface area contributed by atoms with Gasteiger partial charge in [0.2, 0.25) is 0 Å². The number of rotatable bonds is 2. The van der Waals surface area contributed by atoms with E-state index in [1.807, 2.05) is 30.3 Å². The number of methoxy groups -OCH3 is 1. The van der Waals surface area contributed by atoms with E-state index in [2.05, 4.69) is 4.98 Å². The molecule has 0 bridgehead atoms. The number of ether oxygens (including phenoxy) is 1. The number of hydrogen-bond donors (Lipinski definition) is 0. The Labute approximate surface area is 93.2 Å². The first-order valence-electron chi connectivity index (χ1n) is 4.55. The van der Waals surface area contributed by atoms with Gasteiger partial charge in [0.15, 0.2) is 0 Å². The van der Waals surface area contributed by atoms with Crippen molar-refractivity contribution in [2.45, 2.75) is 0 Å². The fraction of sp³-hybridized carbons (Fsp3) is 0.0833. The lowest BCUT2D eigenvalue weighted by Gasteiger charge is -2.02. The molecule has 2 rings (SSSR count). The zero-order chi connectivity index (χ0) is 10.7. The van der Waals surface area contributed by atoms with Crippen molar-refractivity contribution in [2.24, 2.45) is 0 Å². The second-order valence-electron chi connectivity index (χ2n) is 3.09. The molecule has 0 amide bonds. The Kier molecular flexibility index (Phi) is 2.88. The van der Waals surface area contributed by atoms with Gasteiger partial charge in [0.1, 0.15) is 5.15 Å². The number of fused-ring (bicyclic) bond motifs is 1. The van der Waals surface area contributed by atoms with Crippen LogP contribution in [0.4, 0.5) is 0 Å². The molecule has 15 heavy (non-hydrogen) atoms. The van der Waals surface area contributed by atoms with Crippen LogP contribution in [0.25, 0.3) is 16.8 Å². The van der Waals surface area contributed by atoms with Crippen LogP contribution in [0.3, 0.4) is 0 Å². The molecule has 2 nitrogen and oxygen atoms in total. The molecule has 1 heterocycles. The fourth-order valence-corrected chi connectivity index (χ4v) is 1.67. The predicted octanol–water partition coefficient (Wildman–Crippen LogP) is 3.51. The van der Waals surface area contributed by atoms with Crippen LogP contribution in [-0.4, -0.2) is 12.1 Å². The van der Waals surface area contributed by atoms with Gasteiger partial charge in [-0.2, -0.15) is 0 Å². The molecule has 1 aromatic carbocycles. The number of aromatic nitrogens is 1. The minimum absolute atomic E-state index is 0.528. The number of hydrogen-bond acceptors (Lipinski definition) is 2. The third kappa shape index (κ3) is 1.95. The Morgan fingerprint density at radius 1 is 1.27 bits per heavy atom. The van der Waals surface area contributed by atoms with Gasteiger partial charge in [-0.3, -0.25) is 0 Å². The maximum absolute atomic E-state index is 6.00. The Hall–Kier alpha value is -1.54. The van der Waals surface area contributed by atoms with Crippen LogP contribution < -0.4 is 0 Å². The molecule has 0 atom stereocenters. The SMILES string of the molecule is CO/C=C/c1cnc(Cl)c2ccccc12. The molecule has 0 aliphatic heterocycles. The van der Waals surface area contributed by atoms with Crippen molar-refractivity contribution >= 4 is 28.4 Å². The van der Waals surface area contributed by atoms with E-state index >= 15 is 0 Å². The van der Waals surface area contributed by atoms with Crippen LogP contribution in [0.5, 0.6) is 0 Å². The molecule has 0 aliphatic rings. The van der Waals surface area contributed by atoms with Crippen molar-refractivity contribution < 1.29 is 4.74 Å². The molecular formula is C12H10ClNO. The van der Waals surface area contributed by atoms with Gasteiger partial charge in [-0.15, -0.1) is 0 Å². The van der Waals surface area contributed by atoms with Gasteiger partial charge in [0.25, 0.3) is 0 Å². The van der Waals surface area contributed by atoms with Crippen LogP contribution in [0.1, 0.15) is 5.56 Å². The van der Waals surface area contributed by atoms with Crippen molar-refractivity contribution in [3.05, 3.63) is 47.4 Å². The summed E-state index contributed by atoms with van der Waals surface area (Å²) in [7, 11) is 1.61. The quantitative estimate of drug-likeness (QED) is 0.570. The topological polar surface area (TPSA) is 22.1 Å². The monoisotopic (exact) mass is 219 g/mol. The van der Waals surface area contributed by atoms with Gasteiger partial charge in [0.05, 0.1) is 13.4 Å². The first-order chi connectivity index (χ1) is 7.33. The van der Waals surface area contributed by atoms with Crippen molar-refractivity contribution in [1.29, 1.82) is 0 Å². The molecule has 0 fully saturated rings. The molecule has 0 saturated heterocycles. The van der Waals surface area contributed by atoms with Gasteiger partial charge in [0, 0.05) is 17.1 Å². The summed E-state index contributed by atoms with van der Waals surface area (Å²) in [4.78, 5) is 4.12. The molecular weight excluding hydrogens is 210 g/mol. The normalized spacial score (nSPS) is 11.1. The molecule has 1 aromatic heterocycles. The van der Waals surface area contributed by atoms with Gasteiger partial charge < -0.3 is 4.74 Å². The molecule has 0 aliphatic carbocycles. The minimum atomic E-state index is 0.528. The van der Waals surface area contributed by atoms with E-state index in [1.165, 1.54) is 0 Å². The van der Waals surface area contributed by atoms with Crippen molar-refractivity contribution in [1.82, 2.24) is 4.98 Å². The van der Waals surface area contributed by atoms with E-state index in [4.69, 9.17) is 16.3 Å². The fourth-order valence-electron chi connectivity index (χ4n) is 1.45. The third-order valence-corrected chi connectivity index (χ3v) is 2.46. The van der Waals surface area contributed by atoms with Crippen LogP contribution in [0, 0.1) is 0 Å². The number of pyridine rings is 1. The average Bonchev–Trinajstić information content (AvgIpc) is 2.29. The molecule has 76 valence electrons. The predicted molar refractivity (Wildman–Crippen MR) is 62.8 cm³/mol. The number of benzene rings is 1. The van der Waals surface area contributed by atoms with E-state index in [0.29, 0.717) is 5.15 Å². The minimum Gasteiger partial charge on any atom is -0.504 e. The molecule has 3 heteroatoms. The smallest absolute Gasteiger partial charge is 0.136 e. The van der Waals surface area contributed by atoms with E-state index in [0.717, 1.165) is 16.3 Å². The lowest BCUT2D eigenvalue weighted by molar-refractivity contribution is 0.341. The van der Waals surface area contributed by atoms with Crippen molar-refractivity contribution in [2.75, 3.05) is 7.11 Å². The standard InChI is InChI=1S/C12H10ClNO/c1-15-7-6-9-8-14-12(13)11-5-3-2-4-10(9)11/h2-8H,1H3/b7-6+. The van der Waals surface area contributed by atoms with E-state index in [1.54, 1.807) is 19.6 Å². The summed E-state index contributed by atoms with van der Waals surface area (Å²) >= 11 is 6.00. The molecule has 2 aromatic rings. The van der Waals surface area contributed by atoms with Crippen molar-refractivity contribution in [3.63, 3.8) is 0 Å². The van der Waals surface area contributed by atoms with Crippen LogP contribution in [0.15, 0.2) is 36.7 Å². The van der Waals surface area contributed by atoms with Gasteiger partial charge in [-0.25, -0.2) is 4.98 Å². The molecule has 0 spiro atoms. The summed E-state index contributed by atoms with van der Waals surface area (Å²) in [5.41, 5.74) is 0.997. The summed E-state index contributed by atoms with van der Waals surface area (Å²) < 4.78 is 4.88. The largest absolute Gasteiger partial charge is 0.504 e. The Morgan fingerprint density at radius 2 is 2.00 bits per heavy atom. The highest BCUT2D eigenvalue weighted by molar-refractivity contribution is 6.34. The summed E-state index contributed by atoms with van der Waals surface area (Å²) in [5, 5.41) is 2.56. The Balaban J connectivity index is 2.66. The van der Waals surface area contributed by atoms with E-state index in [9.17, 15) is 0 Å².